The Kier molecular flexibility index (Phi) is 8.53. The SMILES string of the molecule is CCCCOc1ccc(/C=C/C(=O)N(c2cc(C)ccc2C)S(=O)(=O)c2ccc(Cl)cc2)cc1. The molecule has 0 saturated carbocycles. The minimum Gasteiger partial charge on any atom is -0.494 e. The van der Waals surface area contributed by atoms with Gasteiger partial charge in [0, 0.05) is 11.1 Å². The average molecular weight is 498 g/mol. The number of carbonyl (C=O) groups excluding carboxylic acids is 1. The average Bonchev–Trinajstić information content (AvgIpc) is 2.81. The van der Waals surface area contributed by atoms with Gasteiger partial charge in [-0.2, -0.15) is 4.31 Å². The van der Waals surface area contributed by atoms with Crippen LogP contribution in [0.4, 0.5) is 5.69 Å². The lowest BCUT2D eigenvalue weighted by Gasteiger charge is -2.23. The number of carbonyl (C=O) groups is 1. The van der Waals surface area contributed by atoms with E-state index in [2.05, 4.69) is 6.92 Å². The molecule has 0 aliphatic rings. The van der Waals surface area contributed by atoms with Crippen LogP contribution >= 0.6 is 11.6 Å². The minimum absolute atomic E-state index is 0.0202. The summed E-state index contributed by atoms with van der Waals surface area (Å²) in [5.74, 6) is 0.0752. The van der Waals surface area contributed by atoms with Crippen LogP contribution in [0.15, 0.2) is 77.7 Å². The number of ether oxygens (including phenoxy) is 1. The second-order valence-corrected chi connectivity index (χ2v) is 10.2. The number of rotatable bonds is 9. The predicted octanol–water partition coefficient (Wildman–Crippen LogP) is 6.57. The first kappa shape index (κ1) is 25.5. The molecule has 0 heterocycles. The monoisotopic (exact) mass is 497 g/mol. The van der Waals surface area contributed by atoms with Crippen molar-refractivity contribution in [1.29, 1.82) is 0 Å². The Morgan fingerprint density at radius 2 is 1.68 bits per heavy atom. The van der Waals surface area contributed by atoms with Crippen molar-refractivity contribution < 1.29 is 17.9 Å². The van der Waals surface area contributed by atoms with Crippen molar-refractivity contribution in [1.82, 2.24) is 0 Å². The van der Waals surface area contributed by atoms with Crippen LogP contribution in [0.1, 0.15) is 36.5 Å². The van der Waals surface area contributed by atoms with Gasteiger partial charge in [0.15, 0.2) is 0 Å². The highest BCUT2D eigenvalue weighted by atomic mass is 35.5. The molecule has 0 unspecified atom stereocenters. The third-order valence-corrected chi connectivity index (χ3v) is 7.18. The van der Waals surface area contributed by atoms with Crippen molar-refractivity contribution in [2.24, 2.45) is 0 Å². The van der Waals surface area contributed by atoms with E-state index in [9.17, 15) is 13.2 Å². The minimum atomic E-state index is -4.18. The quantitative estimate of drug-likeness (QED) is 0.248. The summed E-state index contributed by atoms with van der Waals surface area (Å²) in [6.07, 6.45) is 4.89. The van der Waals surface area contributed by atoms with Crippen LogP contribution in [-0.2, 0) is 14.8 Å². The van der Waals surface area contributed by atoms with Crippen LogP contribution in [0, 0.1) is 13.8 Å². The molecule has 0 atom stereocenters. The van der Waals surface area contributed by atoms with Gasteiger partial charge in [-0.05, 0) is 85.5 Å². The summed E-state index contributed by atoms with van der Waals surface area (Å²) in [7, 11) is -4.18. The zero-order valence-electron chi connectivity index (χ0n) is 19.5. The largest absolute Gasteiger partial charge is 0.494 e. The third kappa shape index (κ3) is 6.27. The maximum absolute atomic E-state index is 13.5. The summed E-state index contributed by atoms with van der Waals surface area (Å²) >= 11 is 5.94. The fourth-order valence-corrected chi connectivity index (χ4v) is 4.83. The molecule has 7 heteroatoms. The Balaban J connectivity index is 1.94. The van der Waals surface area contributed by atoms with Crippen molar-refractivity contribution in [2.45, 2.75) is 38.5 Å². The molecule has 0 N–H and O–H groups in total. The fourth-order valence-electron chi connectivity index (χ4n) is 3.26. The molecule has 0 fully saturated rings. The molecular weight excluding hydrogens is 470 g/mol. The Bertz CT molecular complexity index is 1270. The third-order valence-electron chi connectivity index (χ3n) is 5.20. The van der Waals surface area contributed by atoms with Crippen LogP contribution in [0.3, 0.4) is 0 Å². The van der Waals surface area contributed by atoms with Gasteiger partial charge in [0.2, 0.25) is 0 Å². The van der Waals surface area contributed by atoms with E-state index in [4.69, 9.17) is 16.3 Å². The normalized spacial score (nSPS) is 11.5. The lowest BCUT2D eigenvalue weighted by Crippen LogP contribution is -2.36. The van der Waals surface area contributed by atoms with Gasteiger partial charge >= 0.3 is 0 Å². The molecule has 0 saturated heterocycles. The summed E-state index contributed by atoms with van der Waals surface area (Å²) in [5.41, 5.74) is 2.57. The smallest absolute Gasteiger partial charge is 0.271 e. The van der Waals surface area contributed by atoms with Crippen LogP contribution in [0.5, 0.6) is 5.75 Å². The van der Waals surface area contributed by atoms with E-state index >= 15 is 0 Å². The van der Waals surface area contributed by atoms with Crippen molar-refractivity contribution >= 4 is 39.3 Å². The molecule has 0 spiro atoms. The number of halogens is 1. The summed E-state index contributed by atoms with van der Waals surface area (Å²) in [6.45, 7) is 6.37. The van der Waals surface area contributed by atoms with Gasteiger partial charge in [-0.1, -0.05) is 49.2 Å². The Morgan fingerprint density at radius 1 is 1.00 bits per heavy atom. The predicted molar refractivity (Wildman–Crippen MR) is 138 cm³/mol. The van der Waals surface area contributed by atoms with E-state index in [1.165, 1.54) is 30.3 Å². The summed E-state index contributed by atoms with van der Waals surface area (Å²) in [5, 5.41) is 0.408. The molecule has 34 heavy (non-hydrogen) atoms. The standard InChI is InChI=1S/C27H28ClNO4S/c1-4-5-18-33-24-13-8-22(9-14-24)10-17-27(30)29(26-19-20(2)6-7-21(26)3)34(31,32)25-15-11-23(28)12-16-25/h6-17,19H,4-5,18H2,1-3H3/b17-10+. The maximum Gasteiger partial charge on any atom is 0.271 e. The number of nitrogens with zero attached hydrogens (tertiary/aromatic N) is 1. The Labute approximate surface area is 206 Å². The summed E-state index contributed by atoms with van der Waals surface area (Å²) < 4.78 is 33.6. The topological polar surface area (TPSA) is 63.7 Å². The lowest BCUT2D eigenvalue weighted by molar-refractivity contribution is -0.113. The molecule has 3 aromatic rings. The zero-order chi connectivity index (χ0) is 24.7. The molecule has 0 aliphatic heterocycles. The number of anilines is 1. The number of benzene rings is 3. The molecule has 5 nitrogen and oxygen atoms in total. The molecule has 178 valence electrons. The van der Waals surface area contributed by atoms with Gasteiger partial charge in [0.25, 0.3) is 15.9 Å². The van der Waals surface area contributed by atoms with Crippen molar-refractivity contribution in [3.8, 4) is 5.75 Å². The van der Waals surface area contributed by atoms with Crippen LogP contribution in [-0.4, -0.2) is 20.9 Å². The molecule has 0 bridgehead atoms. The van der Waals surface area contributed by atoms with Crippen LogP contribution in [0.2, 0.25) is 5.02 Å². The van der Waals surface area contributed by atoms with Gasteiger partial charge in [0.1, 0.15) is 5.75 Å². The fraction of sp³-hybridized carbons (Fsp3) is 0.222. The van der Waals surface area contributed by atoms with E-state index in [0.717, 1.165) is 34.0 Å². The second kappa shape index (κ2) is 11.4. The molecule has 1 amide bonds. The highest BCUT2D eigenvalue weighted by Crippen LogP contribution is 2.29. The maximum atomic E-state index is 13.5. The second-order valence-electron chi connectivity index (χ2n) is 7.96. The van der Waals surface area contributed by atoms with Gasteiger partial charge in [-0.25, -0.2) is 8.42 Å². The van der Waals surface area contributed by atoms with E-state index in [0.29, 0.717) is 22.9 Å². The molecule has 3 aromatic carbocycles. The first-order chi connectivity index (χ1) is 16.2. The number of unbranched alkanes of at least 4 members (excludes halogenated alkanes) is 1. The van der Waals surface area contributed by atoms with E-state index < -0.39 is 15.9 Å². The Hall–Kier alpha value is -3.09. The molecule has 3 rings (SSSR count). The lowest BCUT2D eigenvalue weighted by atomic mass is 10.1. The molecule has 0 aliphatic carbocycles. The van der Waals surface area contributed by atoms with Crippen LogP contribution in [0.25, 0.3) is 6.08 Å². The van der Waals surface area contributed by atoms with Crippen molar-refractivity contribution in [3.05, 3.63) is 94.5 Å². The van der Waals surface area contributed by atoms with Gasteiger partial charge in [0.05, 0.1) is 17.2 Å². The molecule has 0 aromatic heterocycles. The van der Waals surface area contributed by atoms with Crippen molar-refractivity contribution in [2.75, 3.05) is 10.9 Å². The number of amides is 1. The first-order valence-electron chi connectivity index (χ1n) is 11.1. The number of aryl methyl sites for hydroxylation is 2. The highest BCUT2D eigenvalue weighted by molar-refractivity contribution is 7.93. The number of sulfonamides is 1. The zero-order valence-corrected chi connectivity index (χ0v) is 21.1. The van der Waals surface area contributed by atoms with Crippen molar-refractivity contribution in [3.63, 3.8) is 0 Å². The Morgan fingerprint density at radius 3 is 2.32 bits per heavy atom. The number of hydrogen-bond donors (Lipinski definition) is 0. The van der Waals surface area contributed by atoms with E-state index in [1.807, 2.05) is 37.3 Å². The summed E-state index contributed by atoms with van der Waals surface area (Å²) in [4.78, 5) is 13.3. The first-order valence-corrected chi connectivity index (χ1v) is 12.9. The molecular formula is C27H28ClNO4S. The number of hydrogen-bond acceptors (Lipinski definition) is 4. The highest BCUT2D eigenvalue weighted by Gasteiger charge is 2.31. The summed E-state index contributed by atoms with van der Waals surface area (Å²) in [6, 6.07) is 18.4. The van der Waals surface area contributed by atoms with Gasteiger partial charge < -0.3 is 4.74 Å². The van der Waals surface area contributed by atoms with Gasteiger partial charge in [-0.3, -0.25) is 4.79 Å². The van der Waals surface area contributed by atoms with E-state index in [1.54, 1.807) is 25.1 Å². The molecule has 0 radical (unpaired) electrons. The van der Waals surface area contributed by atoms with Gasteiger partial charge in [-0.15, -0.1) is 0 Å². The van der Waals surface area contributed by atoms with Crippen LogP contribution < -0.4 is 9.04 Å². The van der Waals surface area contributed by atoms with E-state index in [-0.39, 0.29) is 4.90 Å².